The quantitative estimate of drug-likeness (QED) is 0.840. The summed E-state index contributed by atoms with van der Waals surface area (Å²) in [7, 11) is 0. The minimum Gasteiger partial charge on any atom is -0.478 e. The number of carbonyl (C=O) groups is 1. The molecule has 1 aromatic heterocycles. The molecule has 1 saturated carbocycles. The highest BCUT2D eigenvalue weighted by molar-refractivity contribution is 5.95. The molecule has 0 bridgehead atoms. The van der Waals surface area contributed by atoms with Gasteiger partial charge in [-0.15, -0.1) is 0 Å². The molecule has 2 N–H and O–H groups in total. The fraction of sp³-hybridized carbons (Fsp3) is 0.538. The first-order chi connectivity index (χ1) is 7.99. The summed E-state index contributed by atoms with van der Waals surface area (Å²) in [6.07, 6.45) is 2.47. The van der Waals surface area contributed by atoms with Gasteiger partial charge < -0.3 is 10.4 Å². The van der Waals surface area contributed by atoms with Crippen LogP contribution in [-0.4, -0.2) is 22.1 Å². The second-order valence-electron chi connectivity index (χ2n) is 4.85. The van der Waals surface area contributed by atoms with Gasteiger partial charge in [0.25, 0.3) is 0 Å². The molecule has 0 amide bonds. The molecule has 0 saturated heterocycles. The number of nitrogens with zero attached hydrogens (tertiary/aromatic N) is 1. The van der Waals surface area contributed by atoms with Crippen molar-refractivity contribution in [1.82, 2.24) is 4.98 Å². The molecule has 4 heteroatoms. The van der Waals surface area contributed by atoms with Crippen molar-refractivity contribution in [1.29, 1.82) is 0 Å². The summed E-state index contributed by atoms with van der Waals surface area (Å²) >= 11 is 0. The maximum Gasteiger partial charge on any atom is 0.339 e. The second-order valence-corrected chi connectivity index (χ2v) is 4.85. The van der Waals surface area contributed by atoms with Gasteiger partial charge in [0.1, 0.15) is 5.56 Å². The van der Waals surface area contributed by atoms with Crippen LogP contribution in [0.15, 0.2) is 6.07 Å². The van der Waals surface area contributed by atoms with E-state index in [1.807, 2.05) is 13.0 Å². The van der Waals surface area contributed by atoms with Crippen LogP contribution in [0.3, 0.4) is 0 Å². The van der Waals surface area contributed by atoms with Crippen molar-refractivity contribution in [2.75, 3.05) is 5.32 Å². The van der Waals surface area contributed by atoms with E-state index >= 15 is 0 Å². The molecule has 4 nitrogen and oxygen atoms in total. The number of aromatic carboxylic acids is 1. The molecule has 1 aliphatic rings. The van der Waals surface area contributed by atoms with Gasteiger partial charge >= 0.3 is 5.97 Å². The first-order valence-corrected chi connectivity index (χ1v) is 5.97. The van der Waals surface area contributed by atoms with Crippen molar-refractivity contribution in [3.8, 4) is 0 Å². The zero-order valence-corrected chi connectivity index (χ0v) is 10.4. The van der Waals surface area contributed by atoms with Gasteiger partial charge in [0, 0.05) is 11.7 Å². The highest BCUT2D eigenvalue weighted by Gasteiger charge is 2.29. The number of anilines is 1. The SMILES string of the molecule is Cc1cc(NC(C)C2CC2)c(C(=O)O)c(C)n1. The minimum atomic E-state index is -0.916. The molecule has 1 aliphatic carbocycles. The maximum atomic E-state index is 11.2. The van der Waals surface area contributed by atoms with E-state index in [0.29, 0.717) is 28.9 Å². The average molecular weight is 234 g/mol. The third-order valence-corrected chi connectivity index (χ3v) is 3.25. The largest absolute Gasteiger partial charge is 0.478 e. The molecule has 0 spiro atoms. The summed E-state index contributed by atoms with van der Waals surface area (Å²) in [5.74, 6) is -0.231. The zero-order valence-electron chi connectivity index (χ0n) is 10.4. The molecule has 1 fully saturated rings. The van der Waals surface area contributed by atoms with Crippen molar-refractivity contribution in [3.05, 3.63) is 23.0 Å². The molecule has 1 aromatic rings. The van der Waals surface area contributed by atoms with E-state index in [2.05, 4.69) is 17.2 Å². The van der Waals surface area contributed by atoms with Crippen LogP contribution in [0.25, 0.3) is 0 Å². The number of hydrogen-bond donors (Lipinski definition) is 2. The third-order valence-electron chi connectivity index (χ3n) is 3.25. The van der Waals surface area contributed by atoms with E-state index in [0.717, 1.165) is 5.69 Å². The Labute approximate surface area is 101 Å². The molecular formula is C13H18N2O2. The van der Waals surface area contributed by atoms with Crippen LogP contribution < -0.4 is 5.32 Å². The van der Waals surface area contributed by atoms with E-state index in [1.54, 1.807) is 6.92 Å². The lowest BCUT2D eigenvalue weighted by Crippen LogP contribution is -2.20. The van der Waals surface area contributed by atoms with E-state index < -0.39 is 5.97 Å². The number of hydrogen-bond acceptors (Lipinski definition) is 3. The Morgan fingerprint density at radius 3 is 2.71 bits per heavy atom. The topological polar surface area (TPSA) is 62.2 Å². The number of aryl methyl sites for hydroxylation is 2. The van der Waals surface area contributed by atoms with Crippen LogP contribution >= 0.6 is 0 Å². The summed E-state index contributed by atoms with van der Waals surface area (Å²) in [4.78, 5) is 15.4. The number of pyridine rings is 1. The van der Waals surface area contributed by atoms with Gasteiger partial charge in [0.15, 0.2) is 0 Å². The predicted octanol–water partition coefficient (Wildman–Crippen LogP) is 2.61. The molecular weight excluding hydrogens is 216 g/mol. The minimum absolute atomic E-state index is 0.295. The van der Waals surface area contributed by atoms with Crippen LogP contribution in [-0.2, 0) is 0 Å². The molecule has 92 valence electrons. The Morgan fingerprint density at radius 2 is 2.18 bits per heavy atom. The Hall–Kier alpha value is -1.58. The van der Waals surface area contributed by atoms with Gasteiger partial charge in [-0.2, -0.15) is 0 Å². The van der Waals surface area contributed by atoms with Crippen LogP contribution in [0.1, 0.15) is 41.5 Å². The van der Waals surface area contributed by atoms with E-state index in [-0.39, 0.29) is 0 Å². The van der Waals surface area contributed by atoms with Crippen LogP contribution in [0.2, 0.25) is 0 Å². The lowest BCUT2D eigenvalue weighted by atomic mass is 10.1. The van der Waals surface area contributed by atoms with Gasteiger partial charge in [0.2, 0.25) is 0 Å². The van der Waals surface area contributed by atoms with Crippen molar-refractivity contribution < 1.29 is 9.90 Å². The van der Waals surface area contributed by atoms with E-state index in [9.17, 15) is 9.90 Å². The number of rotatable bonds is 4. The maximum absolute atomic E-state index is 11.2. The summed E-state index contributed by atoms with van der Waals surface area (Å²) in [6, 6.07) is 2.14. The van der Waals surface area contributed by atoms with Gasteiger partial charge in [-0.1, -0.05) is 0 Å². The number of carboxylic acids is 1. The highest BCUT2D eigenvalue weighted by Crippen LogP contribution is 2.34. The fourth-order valence-corrected chi connectivity index (χ4v) is 2.17. The Morgan fingerprint density at radius 1 is 1.53 bits per heavy atom. The van der Waals surface area contributed by atoms with E-state index in [1.165, 1.54) is 12.8 Å². The van der Waals surface area contributed by atoms with Crippen LogP contribution in [0.4, 0.5) is 5.69 Å². The van der Waals surface area contributed by atoms with Crippen molar-refractivity contribution in [3.63, 3.8) is 0 Å². The van der Waals surface area contributed by atoms with Crippen molar-refractivity contribution in [2.24, 2.45) is 5.92 Å². The Bertz CT molecular complexity index is 453. The summed E-state index contributed by atoms with van der Waals surface area (Å²) in [5, 5.41) is 12.5. The first-order valence-electron chi connectivity index (χ1n) is 5.97. The third kappa shape index (κ3) is 2.57. The molecule has 0 radical (unpaired) electrons. The van der Waals surface area contributed by atoms with Crippen molar-refractivity contribution >= 4 is 11.7 Å². The smallest absolute Gasteiger partial charge is 0.339 e. The fourth-order valence-electron chi connectivity index (χ4n) is 2.17. The first kappa shape index (κ1) is 11.9. The van der Waals surface area contributed by atoms with Crippen LogP contribution in [0.5, 0.6) is 0 Å². The number of carboxylic acid groups (broad SMARTS) is 1. The molecule has 1 unspecified atom stereocenters. The molecule has 0 aliphatic heterocycles. The standard InChI is InChI=1S/C13H18N2O2/c1-7-6-11(15-8(2)10-4-5-10)12(13(16)17)9(3)14-7/h6,8,10H,4-5H2,1-3H3,(H,14,15)(H,16,17). The predicted molar refractivity (Wildman–Crippen MR) is 66.5 cm³/mol. The lowest BCUT2D eigenvalue weighted by Gasteiger charge is -2.17. The Balaban J connectivity index is 2.32. The van der Waals surface area contributed by atoms with Crippen LogP contribution in [0, 0.1) is 19.8 Å². The molecule has 1 heterocycles. The zero-order chi connectivity index (χ0) is 12.6. The van der Waals surface area contributed by atoms with Gasteiger partial charge in [-0.05, 0) is 45.6 Å². The Kier molecular flexibility index (Phi) is 3.05. The monoisotopic (exact) mass is 234 g/mol. The molecule has 2 rings (SSSR count). The van der Waals surface area contributed by atoms with Gasteiger partial charge in [0.05, 0.1) is 11.4 Å². The summed E-state index contributed by atoms with van der Waals surface area (Å²) in [5.41, 5.74) is 2.41. The molecule has 0 aromatic carbocycles. The van der Waals surface area contributed by atoms with Gasteiger partial charge in [-0.3, -0.25) is 4.98 Å². The summed E-state index contributed by atoms with van der Waals surface area (Å²) < 4.78 is 0. The van der Waals surface area contributed by atoms with Gasteiger partial charge in [-0.25, -0.2) is 4.79 Å². The summed E-state index contributed by atoms with van der Waals surface area (Å²) in [6.45, 7) is 5.73. The normalized spacial score (nSPS) is 16.6. The average Bonchev–Trinajstić information content (AvgIpc) is 2.97. The highest BCUT2D eigenvalue weighted by atomic mass is 16.4. The lowest BCUT2D eigenvalue weighted by molar-refractivity contribution is 0.0696. The van der Waals surface area contributed by atoms with E-state index in [4.69, 9.17) is 0 Å². The van der Waals surface area contributed by atoms with Crippen molar-refractivity contribution in [2.45, 2.75) is 39.7 Å². The number of aromatic nitrogens is 1. The number of nitrogens with one attached hydrogen (secondary N) is 1. The molecule has 1 atom stereocenters. The molecule has 17 heavy (non-hydrogen) atoms. The second kappa shape index (κ2) is 4.35.